The summed E-state index contributed by atoms with van der Waals surface area (Å²) in [5.74, 6) is -3.46. The van der Waals surface area contributed by atoms with Crippen LogP contribution < -0.4 is 4.90 Å². The Kier molecular flexibility index (Phi) is 14.1. The van der Waals surface area contributed by atoms with Gasteiger partial charge in [0.15, 0.2) is 0 Å². The lowest BCUT2D eigenvalue weighted by atomic mass is 9.85. The first kappa shape index (κ1) is 29.6. The average molecular weight is 479 g/mol. The molecule has 1 aliphatic rings. The molecule has 0 radical (unpaired) electrons. The lowest BCUT2D eigenvalue weighted by molar-refractivity contribution is -0.159. The molecule has 1 fully saturated rings. The SMILES string of the molecule is CCCCCCCCN1CCC(COC)(N(C(=O)CC)c2ccccc2)CC1.O=C(O)C(=O)O. The number of ether oxygens (including phenoxy) is 1. The number of carbonyl (C=O) groups excluding carboxylic acids is 1. The highest BCUT2D eigenvalue weighted by Crippen LogP contribution is 2.34. The molecule has 8 heteroatoms. The highest BCUT2D eigenvalue weighted by Gasteiger charge is 2.42. The van der Waals surface area contributed by atoms with E-state index in [9.17, 15) is 4.79 Å². The number of nitrogens with zero attached hydrogens (tertiary/aromatic N) is 2. The minimum Gasteiger partial charge on any atom is -0.473 e. The van der Waals surface area contributed by atoms with Crippen molar-refractivity contribution in [3.63, 3.8) is 0 Å². The molecule has 0 bridgehead atoms. The highest BCUT2D eigenvalue weighted by atomic mass is 16.5. The third-order valence-electron chi connectivity index (χ3n) is 6.25. The first-order chi connectivity index (χ1) is 16.3. The molecule has 1 amide bonds. The van der Waals surface area contributed by atoms with E-state index < -0.39 is 11.9 Å². The zero-order chi connectivity index (χ0) is 25.4. The molecule has 1 heterocycles. The topological polar surface area (TPSA) is 107 Å². The summed E-state index contributed by atoms with van der Waals surface area (Å²) in [6, 6.07) is 10.1. The van der Waals surface area contributed by atoms with Crippen LogP contribution in [0.3, 0.4) is 0 Å². The van der Waals surface area contributed by atoms with Crippen molar-refractivity contribution in [2.45, 2.75) is 77.2 Å². The van der Waals surface area contributed by atoms with Gasteiger partial charge in [-0.05, 0) is 37.9 Å². The van der Waals surface area contributed by atoms with Gasteiger partial charge in [0.05, 0.1) is 12.1 Å². The van der Waals surface area contributed by atoms with Gasteiger partial charge in [0.25, 0.3) is 0 Å². The molecule has 0 aliphatic carbocycles. The summed E-state index contributed by atoms with van der Waals surface area (Å²) in [6.45, 7) is 8.08. The fraction of sp³-hybridized carbons (Fsp3) is 0.654. The van der Waals surface area contributed by atoms with E-state index in [4.69, 9.17) is 24.5 Å². The van der Waals surface area contributed by atoms with Crippen molar-refractivity contribution in [2.24, 2.45) is 0 Å². The number of carboxylic acids is 2. The molecule has 34 heavy (non-hydrogen) atoms. The molecule has 0 unspecified atom stereocenters. The van der Waals surface area contributed by atoms with Gasteiger partial charge in [-0.1, -0.05) is 64.2 Å². The van der Waals surface area contributed by atoms with E-state index in [0.717, 1.165) is 31.6 Å². The summed E-state index contributed by atoms with van der Waals surface area (Å²) in [6.07, 6.45) is 10.5. The summed E-state index contributed by atoms with van der Waals surface area (Å²) < 4.78 is 5.64. The van der Waals surface area contributed by atoms with Gasteiger partial charge < -0.3 is 24.7 Å². The fourth-order valence-corrected chi connectivity index (χ4v) is 4.43. The van der Waals surface area contributed by atoms with Crippen LogP contribution in [0.15, 0.2) is 30.3 Å². The number of rotatable bonds is 12. The summed E-state index contributed by atoms with van der Waals surface area (Å²) in [5, 5.41) is 14.8. The number of aliphatic carboxylic acids is 2. The maximum atomic E-state index is 12.9. The van der Waals surface area contributed by atoms with Gasteiger partial charge in [0, 0.05) is 32.3 Å². The number of carboxylic acid groups (broad SMARTS) is 2. The van der Waals surface area contributed by atoms with Gasteiger partial charge in [-0.2, -0.15) is 0 Å². The average Bonchev–Trinajstić information content (AvgIpc) is 2.83. The number of methoxy groups -OCH3 is 1. The van der Waals surface area contributed by atoms with E-state index in [0.29, 0.717) is 13.0 Å². The number of likely N-dealkylation sites (tertiary alicyclic amines) is 1. The maximum Gasteiger partial charge on any atom is 0.414 e. The molecule has 8 nitrogen and oxygen atoms in total. The number of carbonyl (C=O) groups is 3. The van der Waals surface area contributed by atoms with Crippen LogP contribution in [0, 0.1) is 0 Å². The van der Waals surface area contributed by atoms with Crippen molar-refractivity contribution in [1.82, 2.24) is 4.90 Å². The van der Waals surface area contributed by atoms with E-state index in [1.54, 1.807) is 7.11 Å². The molecular formula is C26H42N2O6. The molecule has 0 spiro atoms. The van der Waals surface area contributed by atoms with E-state index in [1.807, 2.05) is 42.2 Å². The summed E-state index contributed by atoms with van der Waals surface area (Å²) in [7, 11) is 1.75. The van der Waals surface area contributed by atoms with Crippen LogP contribution in [0.4, 0.5) is 5.69 Å². The number of unbranched alkanes of at least 4 members (excludes halogenated alkanes) is 5. The number of para-hydroxylation sites is 1. The molecule has 0 saturated carbocycles. The number of piperidine rings is 1. The van der Waals surface area contributed by atoms with Crippen LogP contribution in [0.1, 0.15) is 71.6 Å². The molecular weight excluding hydrogens is 436 g/mol. The third-order valence-corrected chi connectivity index (χ3v) is 6.25. The predicted molar refractivity (Wildman–Crippen MR) is 133 cm³/mol. The van der Waals surface area contributed by atoms with Crippen LogP contribution >= 0.6 is 0 Å². The number of amides is 1. The van der Waals surface area contributed by atoms with Crippen molar-refractivity contribution in [2.75, 3.05) is 38.3 Å². The van der Waals surface area contributed by atoms with Gasteiger partial charge >= 0.3 is 11.9 Å². The molecule has 2 rings (SSSR count). The molecule has 0 aromatic heterocycles. The minimum atomic E-state index is -1.82. The predicted octanol–water partition coefficient (Wildman–Crippen LogP) is 4.43. The zero-order valence-corrected chi connectivity index (χ0v) is 21.0. The van der Waals surface area contributed by atoms with Gasteiger partial charge in [0.2, 0.25) is 5.91 Å². The summed E-state index contributed by atoms with van der Waals surface area (Å²) in [4.78, 5) is 35.7. The molecule has 0 atom stereocenters. The van der Waals surface area contributed by atoms with E-state index in [1.165, 1.54) is 45.1 Å². The molecule has 192 valence electrons. The lowest BCUT2D eigenvalue weighted by Gasteiger charge is -2.48. The Morgan fingerprint density at radius 1 is 0.941 bits per heavy atom. The van der Waals surface area contributed by atoms with Crippen LogP contribution in [0.25, 0.3) is 0 Å². The first-order valence-electron chi connectivity index (χ1n) is 12.4. The van der Waals surface area contributed by atoms with Crippen molar-refractivity contribution >= 4 is 23.5 Å². The van der Waals surface area contributed by atoms with Crippen LogP contribution in [-0.4, -0.2) is 71.8 Å². The van der Waals surface area contributed by atoms with Crippen molar-refractivity contribution < 1.29 is 29.3 Å². The summed E-state index contributed by atoms with van der Waals surface area (Å²) in [5.41, 5.74) is 0.761. The zero-order valence-electron chi connectivity index (χ0n) is 21.0. The van der Waals surface area contributed by atoms with E-state index in [2.05, 4.69) is 11.8 Å². The Bertz CT molecular complexity index is 720. The quantitative estimate of drug-likeness (QED) is 0.338. The number of hydrogen-bond acceptors (Lipinski definition) is 5. The Labute approximate surface area is 203 Å². The van der Waals surface area contributed by atoms with Crippen molar-refractivity contribution in [1.29, 1.82) is 0 Å². The second kappa shape index (κ2) is 16.2. The van der Waals surface area contributed by atoms with Gasteiger partial charge in [-0.15, -0.1) is 0 Å². The molecule has 1 aliphatic heterocycles. The largest absolute Gasteiger partial charge is 0.473 e. The maximum absolute atomic E-state index is 12.9. The standard InChI is InChI=1S/C24H40N2O2.C2H2O4/c1-4-6-7-8-9-13-18-25-19-16-24(17-20-25,21-28-3)26(23(27)5-2)22-14-11-10-12-15-22;3-1(4)2(5)6/h10-12,14-15H,4-9,13,16-21H2,1-3H3;(H,3,4)(H,5,6). The van der Waals surface area contributed by atoms with Crippen molar-refractivity contribution in [3.8, 4) is 0 Å². The Balaban J connectivity index is 0.000000852. The molecule has 1 saturated heterocycles. The normalized spacial score (nSPS) is 15.1. The first-order valence-corrected chi connectivity index (χ1v) is 12.4. The lowest BCUT2D eigenvalue weighted by Crippen LogP contribution is -2.60. The van der Waals surface area contributed by atoms with E-state index >= 15 is 0 Å². The molecule has 2 N–H and O–H groups in total. The Hall–Kier alpha value is -2.45. The highest BCUT2D eigenvalue weighted by molar-refractivity contribution is 6.27. The van der Waals surface area contributed by atoms with Gasteiger partial charge in [-0.25, -0.2) is 9.59 Å². The minimum absolute atomic E-state index is 0.188. The Morgan fingerprint density at radius 2 is 1.50 bits per heavy atom. The van der Waals surface area contributed by atoms with Crippen LogP contribution in [-0.2, 0) is 19.1 Å². The monoisotopic (exact) mass is 478 g/mol. The smallest absolute Gasteiger partial charge is 0.414 e. The van der Waals surface area contributed by atoms with E-state index in [-0.39, 0.29) is 11.4 Å². The fourth-order valence-electron chi connectivity index (χ4n) is 4.43. The van der Waals surface area contributed by atoms with Gasteiger partial charge in [-0.3, -0.25) is 4.79 Å². The third kappa shape index (κ3) is 9.81. The van der Waals surface area contributed by atoms with Crippen LogP contribution in [0.2, 0.25) is 0 Å². The van der Waals surface area contributed by atoms with Gasteiger partial charge in [0.1, 0.15) is 0 Å². The number of anilines is 1. The number of hydrogen-bond donors (Lipinski definition) is 2. The second-order valence-corrected chi connectivity index (χ2v) is 8.80. The number of benzene rings is 1. The summed E-state index contributed by atoms with van der Waals surface area (Å²) >= 11 is 0. The van der Waals surface area contributed by atoms with Crippen molar-refractivity contribution in [3.05, 3.63) is 30.3 Å². The molecule has 1 aromatic rings. The molecule has 1 aromatic carbocycles. The van der Waals surface area contributed by atoms with Crippen LogP contribution in [0.5, 0.6) is 0 Å². The Morgan fingerprint density at radius 3 is 2.00 bits per heavy atom. The second-order valence-electron chi connectivity index (χ2n) is 8.80.